The largest absolute Gasteiger partial charge is 0.307 e. The average Bonchev–Trinajstić information content (AvgIpc) is 2.64. The lowest BCUT2D eigenvalue weighted by atomic mass is 9.98. The van der Waals surface area contributed by atoms with Gasteiger partial charge in [0.1, 0.15) is 0 Å². The molecule has 0 radical (unpaired) electrons. The van der Waals surface area contributed by atoms with Crippen LogP contribution in [0, 0.1) is 0 Å². The van der Waals surface area contributed by atoms with Gasteiger partial charge in [-0.15, -0.1) is 11.8 Å². The Morgan fingerprint density at radius 3 is 2.79 bits per heavy atom. The second kappa shape index (κ2) is 6.29. The fraction of sp³-hybridized carbons (Fsp3) is 0.625. The number of hydrogen-bond acceptors (Lipinski definition) is 3. The van der Waals surface area contributed by atoms with Gasteiger partial charge in [0.25, 0.3) is 0 Å². The van der Waals surface area contributed by atoms with Gasteiger partial charge in [-0.2, -0.15) is 0 Å². The molecule has 0 spiro atoms. The molecule has 1 atom stereocenters. The predicted octanol–water partition coefficient (Wildman–Crippen LogP) is 3.30. The van der Waals surface area contributed by atoms with E-state index in [1.54, 1.807) is 0 Å². The maximum absolute atomic E-state index is 3.93. The fourth-order valence-corrected chi connectivity index (χ4v) is 4.24. The SMILES string of the molecule is CN1CCC(NC2CCCSc3ccccc32)CC1. The molecule has 1 N–H and O–H groups in total. The van der Waals surface area contributed by atoms with E-state index in [1.807, 2.05) is 11.8 Å². The predicted molar refractivity (Wildman–Crippen MR) is 82.8 cm³/mol. The molecule has 3 rings (SSSR count). The monoisotopic (exact) mass is 276 g/mol. The van der Waals surface area contributed by atoms with E-state index < -0.39 is 0 Å². The van der Waals surface area contributed by atoms with Crippen molar-refractivity contribution in [2.45, 2.75) is 42.7 Å². The summed E-state index contributed by atoms with van der Waals surface area (Å²) in [4.78, 5) is 3.93. The molecule has 19 heavy (non-hydrogen) atoms. The first-order valence-electron chi connectivity index (χ1n) is 7.49. The van der Waals surface area contributed by atoms with Crippen molar-refractivity contribution in [1.29, 1.82) is 0 Å². The summed E-state index contributed by atoms with van der Waals surface area (Å²) < 4.78 is 0. The lowest BCUT2D eigenvalue weighted by Crippen LogP contribution is -2.42. The summed E-state index contributed by atoms with van der Waals surface area (Å²) in [7, 11) is 2.23. The zero-order valence-corrected chi connectivity index (χ0v) is 12.6. The standard InChI is InChI=1S/C16H24N2S/c1-18-10-8-13(9-11-18)17-15-6-4-12-19-16-7-3-2-5-14(15)16/h2-3,5,7,13,15,17H,4,6,8-12H2,1H3. The average molecular weight is 276 g/mol. The van der Waals surface area contributed by atoms with E-state index in [4.69, 9.17) is 0 Å². The Labute approximate surface area is 121 Å². The Kier molecular flexibility index (Phi) is 4.46. The highest BCUT2D eigenvalue weighted by atomic mass is 32.2. The van der Waals surface area contributed by atoms with E-state index in [0.717, 1.165) is 0 Å². The van der Waals surface area contributed by atoms with Crippen molar-refractivity contribution in [2.75, 3.05) is 25.9 Å². The molecule has 1 aromatic carbocycles. The van der Waals surface area contributed by atoms with Crippen LogP contribution in [0.15, 0.2) is 29.2 Å². The summed E-state index contributed by atoms with van der Waals surface area (Å²) in [5, 5.41) is 3.93. The number of nitrogens with zero attached hydrogens (tertiary/aromatic N) is 1. The molecule has 2 heterocycles. The number of rotatable bonds is 2. The van der Waals surface area contributed by atoms with E-state index in [1.165, 1.54) is 55.0 Å². The lowest BCUT2D eigenvalue weighted by molar-refractivity contribution is 0.222. The van der Waals surface area contributed by atoms with Crippen molar-refractivity contribution in [3.8, 4) is 0 Å². The molecule has 2 aliphatic heterocycles. The van der Waals surface area contributed by atoms with Gasteiger partial charge in [0.15, 0.2) is 0 Å². The number of nitrogens with one attached hydrogen (secondary N) is 1. The molecule has 1 saturated heterocycles. The first kappa shape index (κ1) is 13.5. The maximum Gasteiger partial charge on any atom is 0.0334 e. The highest BCUT2D eigenvalue weighted by molar-refractivity contribution is 7.99. The van der Waals surface area contributed by atoms with Crippen LogP contribution in [0.25, 0.3) is 0 Å². The molecule has 2 aliphatic rings. The van der Waals surface area contributed by atoms with E-state index in [9.17, 15) is 0 Å². The molecular weight excluding hydrogens is 252 g/mol. The minimum atomic E-state index is 0.569. The maximum atomic E-state index is 3.93. The van der Waals surface area contributed by atoms with Gasteiger partial charge < -0.3 is 10.2 Å². The number of likely N-dealkylation sites (tertiary alicyclic amines) is 1. The van der Waals surface area contributed by atoms with E-state index in [0.29, 0.717) is 12.1 Å². The smallest absolute Gasteiger partial charge is 0.0334 e. The third-order valence-corrected chi connectivity index (χ3v) is 5.52. The summed E-state index contributed by atoms with van der Waals surface area (Å²) in [6, 6.07) is 10.2. The van der Waals surface area contributed by atoms with Crippen molar-refractivity contribution in [1.82, 2.24) is 10.2 Å². The second-order valence-corrected chi connectivity index (χ2v) is 6.96. The molecule has 3 heteroatoms. The topological polar surface area (TPSA) is 15.3 Å². The molecule has 0 bridgehead atoms. The Bertz CT molecular complexity index is 413. The molecule has 0 aromatic heterocycles. The Hall–Kier alpha value is -0.510. The van der Waals surface area contributed by atoms with Crippen LogP contribution < -0.4 is 5.32 Å². The minimum absolute atomic E-state index is 0.569. The molecule has 0 amide bonds. The molecule has 0 saturated carbocycles. The first-order valence-corrected chi connectivity index (χ1v) is 8.48. The van der Waals surface area contributed by atoms with Gasteiger partial charge in [0, 0.05) is 17.0 Å². The van der Waals surface area contributed by atoms with E-state index in [2.05, 4.69) is 41.5 Å². The quantitative estimate of drug-likeness (QED) is 0.892. The van der Waals surface area contributed by atoms with Crippen LogP contribution in [-0.2, 0) is 0 Å². The first-order chi connectivity index (χ1) is 9.33. The van der Waals surface area contributed by atoms with Crippen LogP contribution in [0.1, 0.15) is 37.3 Å². The van der Waals surface area contributed by atoms with Gasteiger partial charge >= 0.3 is 0 Å². The summed E-state index contributed by atoms with van der Waals surface area (Å²) in [6.45, 7) is 2.47. The number of thioether (sulfide) groups is 1. The molecule has 1 aromatic rings. The van der Waals surface area contributed by atoms with Crippen LogP contribution in [0.3, 0.4) is 0 Å². The molecule has 0 aliphatic carbocycles. The van der Waals surface area contributed by atoms with Crippen molar-refractivity contribution in [3.63, 3.8) is 0 Å². The third kappa shape index (κ3) is 3.33. The molecule has 104 valence electrons. The van der Waals surface area contributed by atoms with E-state index in [-0.39, 0.29) is 0 Å². The second-order valence-electron chi connectivity index (χ2n) is 5.83. The van der Waals surface area contributed by atoms with Crippen molar-refractivity contribution >= 4 is 11.8 Å². The van der Waals surface area contributed by atoms with Crippen LogP contribution in [0.2, 0.25) is 0 Å². The normalized spacial score (nSPS) is 25.8. The summed E-state index contributed by atoms with van der Waals surface area (Å²) in [5.74, 6) is 1.27. The van der Waals surface area contributed by atoms with Gasteiger partial charge in [-0.25, -0.2) is 0 Å². The van der Waals surface area contributed by atoms with Crippen molar-refractivity contribution < 1.29 is 0 Å². The van der Waals surface area contributed by atoms with Gasteiger partial charge in [-0.1, -0.05) is 18.2 Å². The molecule has 1 fully saturated rings. The Balaban J connectivity index is 1.70. The third-order valence-electron chi connectivity index (χ3n) is 4.34. The number of piperidine rings is 1. The number of benzene rings is 1. The van der Waals surface area contributed by atoms with Crippen LogP contribution in [0.4, 0.5) is 0 Å². The number of fused-ring (bicyclic) bond motifs is 1. The van der Waals surface area contributed by atoms with Gasteiger partial charge in [-0.05, 0) is 63.2 Å². The van der Waals surface area contributed by atoms with E-state index >= 15 is 0 Å². The van der Waals surface area contributed by atoms with Crippen LogP contribution in [-0.4, -0.2) is 36.8 Å². The minimum Gasteiger partial charge on any atom is -0.307 e. The molecular formula is C16H24N2S. The van der Waals surface area contributed by atoms with Gasteiger partial charge in [0.2, 0.25) is 0 Å². The zero-order chi connectivity index (χ0) is 13.1. The Morgan fingerprint density at radius 2 is 1.95 bits per heavy atom. The molecule has 2 nitrogen and oxygen atoms in total. The summed E-state index contributed by atoms with van der Waals surface area (Å²) in [6.07, 6.45) is 5.20. The number of hydrogen-bond donors (Lipinski definition) is 1. The van der Waals surface area contributed by atoms with Gasteiger partial charge in [0.05, 0.1) is 0 Å². The fourth-order valence-electron chi connectivity index (χ4n) is 3.16. The zero-order valence-electron chi connectivity index (χ0n) is 11.8. The highest BCUT2D eigenvalue weighted by Gasteiger charge is 2.23. The van der Waals surface area contributed by atoms with Crippen LogP contribution in [0.5, 0.6) is 0 Å². The molecule has 1 unspecified atom stereocenters. The van der Waals surface area contributed by atoms with Gasteiger partial charge in [-0.3, -0.25) is 0 Å². The van der Waals surface area contributed by atoms with Crippen LogP contribution >= 0.6 is 11.8 Å². The summed E-state index contributed by atoms with van der Waals surface area (Å²) in [5.41, 5.74) is 1.53. The lowest BCUT2D eigenvalue weighted by Gasteiger charge is -2.32. The summed E-state index contributed by atoms with van der Waals surface area (Å²) >= 11 is 2.03. The highest BCUT2D eigenvalue weighted by Crippen LogP contribution is 2.35. The van der Waals surface area contributed by atoms with Crippen molar-refractivity contribution in [3.05, 3.63) is 29.8 Å². The van der Waals surface area contributed by atoms with Crippen molar-refractivity contribution in [2.24, 2.45) is 0 Å². The Morgan fingerprint density at radius 1 is 1.16 bits per heavy atom.